The van der Waals surface area contributed by atoms with E-state index in [-0.39, 0.29) is 24.1 Å². The number of benzene rings is 3. The van der Waals surface area contributed by atoms with E-state index in [9.17, 15) is 0 Å². The second kappa shape index (κ2) is 6.75. The molecule has 7 rings (SSSR count). The fourth-order valence-corrected chi connectivity index (χ4v) is 5.89. The van der Waals surface area contributed by atoms with Gasteiger partial charge in [-0.25, -0.2) is 0 Å². The first-order valence-electron chi connectivity index (χ1n) is 12.2. The average molecular weight is 445 g/mol. The van der Waals surface area contributed by atoms with Crippen LogP contribution in [0.3, 0.4) is 0 Å². The molecule has 1 atom stereocenters. The molecule has 1 aromatic heterocycles. The number of para-hydroxylation sites is 2. The summed E-state index contributed by atoms with van der Waals surface area (Å²) < 4.78 is 15.4. The molecule has 0 bridgehead atoms. The molecule has 168 valence electrons. The van der Waals surface area contributed by atoms with Crippen molar-refractivity contribution in [2.45, 2.75) is 51.1 Å². The second-order valence-electron chi connectivity index (χ2n) is 10.8. The van der Waals surface area contributed by atoms with Gasteiger partial charge in [-0.15, -0.1) is 0 Å². The number of fused-ring (bicyclic) bond motifs is 8. The monoisotopic (exact) mass is 445 g/mol. The predicted molar refractivity (Wildman–Crippen MR) is 140 cm³/mol. The zero-order valence-corrected chi connectivity index (χ0v) is 20.1. The zero-order valence-electron chi connectivity index (χ0n) is 20.1. The van der Waals surface area contributed by atoms with Crippen LogP contribution < -0.4 is 0 Å². The van der Waals surface area contributed by atoms with Crippen LogP contribution in [0.15, 0.2) is 72.8 Å². The number of hydrogen-bond acceptors (Lipinski definition) is 2. The van der Waals surface area contributed by atoms with Crippen LogP contribution in [0, 0.1) is 0 Å². The molecule has 0 spiro atoms. The van der Waals surface area contributed by atoms with Gasteiger partial charge < -0.3 is 13.9 Å². The van der Waals surface area contributed by atoms with Gasteiger partial charge in [0.05, 0.1) is 22.4 Å². The zero-order chi connectivity index (χ0) is 23.2. The van der Waals surface area contributed by atoms with Gasteiger partial charge in [-0.1, -0.05) is 72.8 Å². The Balaban J connectivity index is 1.46. The Morgan fingerprint density at radius 2 is 1.38 bits per heavy atom. The van der Waals surface area contributed by atoms with Gasteiger partial charge >= 0.3 is 7.12 Å². The van der Waals surface area contributed by atoms with Crippen LogP contribution in [0.1, 0.15) is 39.0 Å². The van der Waals surface area contributed by atoms with Crippen LogP contribution in [0.2, 0.25) is 5.82 Å². The van der Waals surface area contributed by atoms with Crippen LogP contribution >= 0.6 is 0 Å². The highest BCUT2D eigenvalue weighted by Gasteiger charge is 2.53. The molecular weight excluding hydrogens is 417 g/mol. The number of hydrogen-bond donors (Lipinski definition) is 0. The van der Waals surface area contributed by atoms with E-state index in [0.29, 0.717) is 0 Å². The van der Waals surface area contributed by atoms with Crippen molar-refractivity contribution in [3.05, 3.63) is 84.1 Å². The molecular formula is C30H28BNO2. The molecule has 0 saturated carbocycles. The predicted octanol–water partition coefficient (Wildman–Crippen LogP) is 7.31. The van der Waals surface area contributed by atoms with E-state index < -0.39 is 0 Å². The summed E-state index contributed by atoms with van der Waals surface area (Å²) >= 11 is 0. The molecule has 2 aliphatic heterocycles. The van der Waals surface area contributed by atoms with E-state index in [2.05, 4.69) is 111 Å². The number of aromatic nitrogens is 1. The molecule has 4 aromatic rings. The van der Waals surface area contributed by atoms with Crippen LogP contribution in [-0.4, -0.2) is 22.9 Å². The maximum atomic E-state index is 6.47. The standard InChI is InChI=1S/C30H28BNO2/c1-29(2)30(3,4)34-31(33-29)19-16-17-23-25-14-9-13-24-21-11-6-5-10-20(21)22-12-7-8-15-26(22)32(28(24)25)27(23)18-19/h5-17,19H,18H2,1-4H3. The van der Waals surface area contributed by atoms with Gasteiger partial charge in [0.1, 0.15) is 0 Å². The topological polar surface area (TPSA) is 23.4 Å². The third-order valence-electron chi connectivity index (χ3n) is 8.34. The van der Waals surface area contributed by atoms with E-state index in [1.165, 1.54) is 50.1 Å². The van der Waals surface area contributed by atoms with Crippen molar-refractivity contribution >= 4 is 24.1 Å². The minimum atomic E-state index is -0.331. The van der Waals surface area contributed by atoms with Crippen molar-refractivity contribution in [2.75, 3.05) is 0 Å². The van der Waals surface area contributed by atoms with Crippen molar-refractivity contribution in [3.63, 3.8) is 0 Å². The van der Waals surface area contributed by atoms with Crippen molar-refractivity contribution < 1.29 is 9.31 Å². The number of nitrogens with zero attached hydrogens (tertiary/aromatic N) is 1. The van der Waals surface area contributed by atoms with Gasteiger partial charge in [0.25, 0.3) is 0 Å². The summed E-state index contributed by atoms with van der Waals surface area (Å²) in [7, 11) is -0.252. The van der Waals surface area contributed by atoms with Gasteiger partial charge in [0.2, 0.25) is 0 Å². The summed E-state index contributed by atoms with van der Waals surface area (Å²) in [6.45, 7) is 8.52. The van der Waals surface area contributed by atoms with Crippen LogP contribution in [0.25, 0.3) is 44.9 Å². The Labute approximate surface area is 201 Å². The SMILES string of the molecule is CC1(C)OB(C2C=Cc3c(n4c5c(cccc35)-c3ccccc3-c3ccccc3-4)C2)OC1(C)C. The molecule has 1 aliphatic carbocycles. The van der Waals surface area contributed by atoms with E-state index in [0.717, 1.165) is 6.42 Å². The van der Waals surface area contributed by atoms with Gasteiger partial charge in [0.15, 0.2) is 0 Å². The van der Waals surface area contributed by atoms with Gasteiger partial charge in [-0.3, -0.25) is 0 Å². The molecule has 4 heteroatoms. The fourth-order valence-electron chi connectivity index (χ4n) is 5.89. The van der Waals surface area contributed by atoms with E-state index in [4.69, 9.17) is 9.31 Å². The fraction of sp³-hybridized carbons (Fsp3) is 0.267. The minimum absolute atomic E-state index is 0.162. The first kappa shape index (κ1) is 20.3. The van der Waals surface area contributed by atoms with Gasteiger partial charge in [-0.05, 0) is 51.3 Å². The van der Waals surface area contributed by atoms with Crippen molar-refractivity contribution in [1.82, 2.24) is 4.57 Å². The lowest BCUT2D eigenvalue weighted by Crippen LogP contribution is -2.41. The lowest BCUT2D eigenvalue weighted by Gasteiger charge is -2.32. The largest absolute Gasteiger partial charge is 0.465 e. The summed E-state index contributed by atoms with van der Waals surface area (Å²) in [4.78, 5) is 0. The molecule has 0 N–H and O–H groups in total. The average Bonchev–Trinajstić information content (AvgIpc) is 3.22. The molecule has 0 amide bonds. The molecule has 0 radical (unpaired) electrons. The van der Waals surface area contributed by atoms with E-state index in [1.54, 1.807) is 0 Å². The molecule has 3 aliphatic rings. The summed E-state index contributed by atoms with van der Waals surface area (Å²) in [5.74, 6) is 0.162. The van der Waals surface area contributed by atoms with E-state index >= 15 is 0 Å². The molecule has 1 fully saturated rings. The molecule has 34 heavy (non-hydrogen) atoms. The number of rotatable bonds is 1. The molecule has 1 unspecified atom stereocenters. The molecule has 3 nitrogen and oxygen atoms in total. The normalized spacial score (nSPS) is 21.2. The Kier molecular flexibility index (Phi) is 4.03. The molecule has 3 heterocycles. The van der Waals surface area contributed by atoms with Crippen molar-refractivity contribution in [1.29, 1.82) is 0 Å². The first-order valence-corrected chi connectivity index (χ1v) is 12.2. The van der Waals surface area contributed by atoms with Gasteiger partial charge in [-0.2, -0.15) is 0 Å². The summed E-state index contributed by atoms with van der Waals surface area (Å²) in [6, 6.07) is 24.3. The smallest absolute Gasteiger partial charge is 0.403 e. The van der Waals surface area contributed by atoms with Crippen molar-refractivity contribution in [3.8, 4) is 27.9 Å². The minimum Gasteiger partial charge on any atom is -0.403 e. The highest BCUT2D eigenvalue weighted by molar-refractivity contribution is 6.48. The third kappa shape index (κ3) is 2.61. The number of allylic oxidation sites excluding steroid dienone is 1. The Hall–Kier alpha value is -3.08. The molecule has 1 saturated heterocycles. The Morgan fingerprint density at radius 3 is 2.12 bits per heavy atom. The lowest BCUT2D eigenvalue weighted by atomic mass is 9.67. The van der Waals surface area contributed by atoms with E-state index in [1.807, 2.05) is 0 Å². The lowest BCUT2D eigenvalue weighted by molar-refractivity contribution is 0.00578. The van der Waals surface area contributed by atoms with Crippen molar-refractivity contribution in [2.24, 2.45) is 0 Å². The summed E-state index contributed by atoms with van der Waals surface area (Å²) in [6.07, 6.45) is 5.47. The van der Waals surface area contributed by atoms with Crippen LogP contribution in [0.4, 0.5) is 0 Å². The van der Waals surface area contributed by atoms with Gasteiger partial charge in [0, 0.05) is 33.6 Å². The van der Waals surface area contributed by atoms with Crippen LogP contribution in [0.5, 0.6) is 0 Å². The van der Waals surface area contributed by atoms with Crippen LogP contribution in [-0.2, 0) is 15.7 Å². The molecule has 3 aromatic carbocycles. The Morgan fingerprint density at radius 1 is 0.765 bits per heavy atom. The highest BCUT2D eigenvalue weighted by Crippen LogP contribution is 2.49. The summed E-state index contributed by atoms with van der Waals surface area (Å²) in [5, 5.41) is 1.31. The third-order valence-corrected chi connectivity index (χ3v) is 8.34. The first-order chi connectivity index (χ1) is 16.4. The maximum Gasteiger partial charge on any atom is 0.465 e. The summed E-state index contributed by atoms with van der Waals surface area (Å²) in [5.41, 5.74) is 9.68. The second-order valence-corrected chi connectivity index (χ2v) is 10.8. The maximum absolute atomic E-state index is 6.47. The highest BCUT2D eigenvalue weighted by atomic mass is 16.7. The Bertz CT molecular complexity index is 1490. The quantitative estimate of drug-likeness (QED) is 0.253.